The Morgan fingerprint density at radius 3 is 2.41 bits per heavy atom. The minimum Gasteiger partial charge on any atom is -0.381 e. The van der Waals surface area contributed by atoms with Gasteiger partial charge in [0.2, 0.25) is 11.8 Å². The number of anilines is 1. The van der Waals surface area contributed by atoms with Gasteiger partial charge in [-0.3, -0.25) is 9.59 Å². The number of fused-ring (bicyclic) bond motifs is 2. The number of amides is 2. The van der Waals surface area contributed by atoms with E-state index < -0.39 is 13.7 Å². The van der Waals surface area contributed by atoms with E-state index in [0.29, 0.717) is 19.6 Å². The van der Waals surface area contributed by atoms with Crippen molar-refractivity contribution in [1.29, 1.82) is 0 Å². The number of hydrogen-bond acceptors (Lipinski definition) is 4. The Hall–Kier alpha value is -2.44. The zero-order chi connectivity index (χ0) is 23.1. The summed E-state index contributed by atoms with van der Waals surface area (Å²) in [7, 11) is -2.35. The molecule has 2 amide bonds. The Bertz CT molecular complexity index is 1020. The molecule has 170 valence electrons. The third-order valence-electron chi connectivity index (χ3n) is 7.65. The van der Waals surface area contributed by atoms with Crippen molar-refractivity contribution in [3.8, 4) is 0 Å². The number of benzene rings is 2. The highest BCUT2D eigenvalue weighted by atomic mass is 28.3. The lowest BCUT2D eigenvalue weighted by Crippen LogP contribution is -2.59. The number of para-hydroxylation sites is 1. The summed E-state index contributed by atoms with van der Waals surface area (Å²) in [4.78, 5) is 27.5. The lowest BCUT2D eigenvalue weighted by Gasteiger charge is -2.43. The van der Waals surface area contributed by atoms with E-state index >= 15 is 0 Å². The van der Waals surface area contributed by atoms with Crippen LogP contribution in [0, 0.1) is 0 Å². The molecule has 6 heteroatoms. The number of ether oxygens (including phenoxy) is 1. The molecule has 1 saturated heterocycles. The van der Waals surface area contributed by atoms with Crippen LogP contribution in [0.15, 0.2) is 54.6 Å². The summed E-state index contributed by atoms with van der Waals surface area (Å²) in [5.74, 6) is -0.0603. The topological polar surface area (TPSA) is 58.6 Å². The summed E-state index contributed by atoms with van der Waals surface area (Å²) in [5.41, 5.74) is 2.19. The molecule has 2 heterocycles. The molecule has 0 radical (unpaired) electrons. The fraction of sp³-hybridized carbons (Fsp3) is 0.462. The van der Waals surface area contributed by atoms with Gasteiger partial charge in [-0.25, -0.2) is 0 Å². The number of nitrogens with zero attached hydrogens (tertiary/aromatic N) is 1. The molecule has 2 aliphatic heterocycles. The van der Waals surface area contributed by atoms with Gasteiger partial charge in [0.05, 0.1) is 6.61 Å². The van der Waals surface area contributed by atoms with Crippen LogP contribution in [0.25, 0.3) is 0 Å². The summed E-state index contributed by atoms with van der Waals surface area (Å²) in [6.07, 6.45) is 0.886. The smallest absolute Gasteiger partial charge is 0.234 e. The second kappa shape index (κ2) is 8.16. The molecule has 2 aromatic carbocycles. The van der Waals surface area contributed by atoms with Gasteiger partial charge in [0.1, 0.15) is 5.41 Å². The van der Waals surface area contributed by atoms with Crippen molar-refractivity contribution >= 4 is 25.7 Å². The summed E-state index contributed by atoms with van der Waals surface area (Å²) in [6, 6.07) is 17.9. The van der Waals surface area contributed by atoms with Crippen molar-refractivity contribution in [1.82, 2.24) is 4.57 Å². The number of rotatable bonds is 6. The first-order valence-electron chi connectivity index (χ1n) is 11.4. The van der Waals surface area contributed by atoms with Gasteiger partial charge in [0.15, 0.2) is 8.24 Å². The molecule has 5 nitrogen and oxygen atoms in total. The molecule has 4 rings (SSSR count). The number of carbonyl (C=O) groups excluding carboxylic acids is 2. The Morgan fingerprint density at radius 2 is 1.72 bits per heavy atom. The normalized spacial score (nSPS) is 23.0. The standard InChI is InChI=1S/C26H34N2O3Si/c1-25(2,3)32(4,5)28-23(29)17-26(24(28)30)20-13-9-10-14-21(20)27-22(26)15-16-31-18-19-11-7-6-8-12-19/h6-14,22,27H,15-18H2,1-5H3/t22-,26+/m1/s1. The maximum Gasteiger partial charge on any atom is 0.234 e. The van der Waals surface area contributed by atoms with Crippen molar-refractivity contribution in [2.75, 3.05) is 11.9 Å². The minimum absolute atomic E-state index is 0.0281. The summed E-state index contributed by atoms with van der Waals surface area (Å²) in [5, 5.41) is 3.46. The molecule has 32 heavy (non-hydrogen) atoms. The Morgan fingerprint density at radius 1 is 1.06 bits per heavy atom. The van der Waals surface area contributed by atoms with Crippen LogP contribution in [0.1, 0.15) is 44.7 Å². The first-order chi connectivity index (χ1) is 15.1. The molecule has 0 aliphatic carbocycles. The van der Waals surface area contributed by atoms with E-state index in [1.807, 2.05) is 54.6 Å². The largest absolute Gasteiger partial charge is 0.381 e. The lowest BCUT2D eigenvalue weighted by atomic mass is 9.74. The maximum absolute atomic E-state index is 14.1. The maximum atomic E-state index is 14.1. The lowest BCUT2D eigenvalue weighted by molar-refractivity contribution is -0.135. The Balaban J connectivity index is 1.60. The molecule has 0 unspecified atom stereocenters. The van der Waals surface area contributed by atoms with Crippen LogP contribution in [-0.4, -0.2) is 37.3 Å². The van der Waals surface area contributed by atoms with Crippen LogP contribution in [-0.2, 0) is 26.3 Å². The van der Waals surface area contributed by atoms with Crippen LogP contribution < -0.4 is 5.32 Å². The first kappa shape index (κ1) is 22.7. The zero-order valence-corrected chi connectivity index (χ0v) is 20.8. The first-order valence-corrected chi connectivity index (χ1v) is 14.4. The summed E-state index contributed by atoms with van der Waals surface area (Å²) in [6.45, 7) is 11.7. The van der Waals surface area contributed by atoms with Crippen LogP contribution in [0.5, 0.6) is 0 Å². The van der Waals surface area contributed by atoms with E-state index in [9.17, 15) is 9.59 Å². The summed E-state index contributed by atoms with van der Waals surface area (Å²) >= 11 is 0. The number of carbonyl (C=O) groups is 2. The average molecular weight is 451 g/mol. The van der Waals surface area contributed by atoms with E-state index in [2.05, 4.69) is 39.2 Å². The molecule has 2 aromatic rings. The SMILES string of the molecule is CC(C)(C)[Si](C)(C)N1C(=O)C[C@]2(C1=O)c1ccccc1N[C@@H]2CCOCc1ccccc1. The molecule has 0 bridgehead atoms. The van der Waals surface area contributed by atoms with Gasteiger partial charge in [-0.05, 0) is 28.7 Å². The van der Waals surface area contributed by atoms with Gasteiger partial charge in [-0.1, -0.05) is 82.4 Å². The van der Waals surface area contributed by atoms with Crippen molar-refractivity contribution < 1.29 is 14.3 Å². The highest BCUT2D eigenvalue weighted by Crippen LogP contribution is 2.52. The highest BCUT2D eigenvalue weighted by Gasteiger charge is 2.64. The third kappa shape index (κ3) is 3.59. The highest BCUT2D eigenvalue weighted by molar-refractivity contribution is 6.82. The van der Waals surface area contributed by atoms with Gasteiger partial charge in [0.25, 0.3) is 0 Å². The summed E-state index contributed by atoms with van der Waals surface area (Å²) < 4.78 is 7.63. The average Bonchev–Trinajstić information content (AvgIpc) is 3.20. The third-order valence-corrected chi connectivity index (χ3v) is 12.9. The number of hydrogen-bond donors (Lipinski definition) is 1. The van der Waals surface area contributed by atoms with Gasteiger partial charge >= 0.3 is 0 Å². The second-order valence-corrected chi connectivity index (χ2v) is 15.6. The van der Waals surface area contributed by atoms with E-state index in [0.717, 1.165) is 16.8 Å². The predicted octanol–water partition coefficient (Wildman–Crippen LogP) is 5.09. The van der Waals surface area contributed by atoms with Crippen LogP contribution in [0.4, 0.5) is 5.69 Å². The zero-order valence-electron chi connectivity index (χ0n) is 19.8. The van der Waals surface area contributed by atoms with Gasteiger partial charge in [-0.2, -0.15) is 0 Å². The Kier molecular flexibility index (Phi) is 5.80. The molecule has 2 aliphatic rings. The fourth-order valence-corrected chi connectivity index (χ4v) is 6.95. The molecule has 0 saturated carbocycles. The molecule has 0 aromatic heterocycles. The van der Waals surface area contributed by atoms with E-state index in [4.69, 9.17) is 4.74 Å². The van der Waals surface area contributed by atoms with Crippen molar-refractivity contribution in [2.24, 2.45) is 0 Å². The molecule has 1 spiro atoms. The predicted molar refractivity (Wildman–Crippen MR) is 130 cm³/mol. The van der Waals surface area contributed by atoms with Crippen molar-refractivity contribution in [3.05, 3.63) is 65.7 Å². The molecule has 2 atom stereocenters. The number of nitrogens with one attached hydrogen (secondary N) is 1. The second-order valence-electron chi connectivity index (χ2n) is 10.6. The van der Waals surface area contributed by atoms with Crippen LogP contribution in [0.3, 0.4) is 0 Å². The minimum atomic E-state index is -2.35. The van der Waals surface area contributed by atoms with Crippen LogP contribution >= 0.6 is 0 Å². The van der Waals surface area contributed by atoms with Crippen LogP contribution in [0.2, 0.25) is 18.1 Å². The van der Waals surface area contributed by atoms with Crippen molar-refractivity contribution in [2.45, 2.75) is 69.8 Å². The van der Waals surface area contributed by atoms with Gasteiger partial charge in [-0.15, -0.1) is 0 Å². The van der Waals surface area contributed by atoms with E-state index in [1.165, 1.54) is 0 Å². The quantitative estimate of drug-likeness (QED) is 0.378. The van der Waals surface area contributed by atoms with E-state index in [-0.39, 0.29) is 29.3 Å². The number of imide groups is 1. The molecular formula is C26H34N2O3Si. The van der Waals surface area contributed by atoms with Crippen molar-refractivity contribution in [3.63, 3.8) is 0 Å². The molecular weight excluding hydrogens is 416 g/mol. The Labute approximate surface area is 192 Å². The monoisotopic (exact) mass is 450 g/mol. The molecule has 1 N–H and O–H groups in total. The van der Waals surface area contributed by atoms with E-state index in [1.54, 1.807) is 4.57 Å². The molecule has 1 fully saturated rings. The van der Waals surface area contributed by atoms with Gasteiger partial charge < -0.3 is 14.6 Å². The fourth-order valence-electron chi connectivity index (χ4n) is 4.87. The van der Waals surface area contributed by atoms with Gasteiger partial charge in [0, 0.05) is 24.8 Å².